The van der Waals surface area contributed by atoms with Gasteiger partial charge in [0.2, 0.25) is 0 Å². The number of carboxylic acid groups (broad SMARTS) is 1. The van der Waals surface area contributed by atoms with Gasteiger partial charge in [-0.2, -0.15) is 0 Å². The first kappa shape index (κ1) is 9.70. The molecule has 2 aliphatic rings. The molecule has 3 nitrogen and oxygen atoms in total. The number of para-hydroxylation sites is 1. The van der Waals surface area contributed by atoms with E-state index in [0.717, 1.165) is 24.8 Å². The van der Waals surface area contributed by atoms with Crippen molar-refractivity contribution in [1.29, 1.82) is 0 Å². The van der Waals surface area contributed by atoms with E-state index in [1.165, 1.54) is 6.42 Å². The zero-order valence-corrected chi connectivity index (χ0v) is 8.98. The van der Waals surface area contributed by atoms with Crippen LogP contribution < -0.4 is 4.74 Å². The second-order valence-electron chi connectivity index (χ2n) is 4.63. The average Bonchev–Trinajstić information content (AvgIpc) is 2.28. The van der Waals surface area contributed by atoms with Gasteiger partial charge in [0.05, 0.1) is 6.10 Å². The Morgan fingerprint density at radius 3 is 3.06 bits per heavy atom. The lowest BCUT2D eigenvalue weighted by atomic mass is 9.79. The number of carbonyl (C=O) groups is 1. The van der Waals surface area contributed by atoms with E-state index in [1.54, 1.807) is 6.07 Å². The largest absolute Gasteiger partial charge is 0.489 e. The maximum atomic E-state index is 11.1. The molecule has 16 heavy (non-hydrogen) atoms. The molecule has 1 aromatic carbocycles. The number of aromatic carboxylic acids is 1. The molecule has 0 amide bonds. The fourth-order valence-electron chi connectivity index (χ4n) is 2.88. The quantitative estimate of drug-likeness (QED) is 0.788. The van der Waals surface area contributed by atoms with Crippen LogP contribution in [0.3, 0.4) is 0 Å². The van der Waals surface area contributed by atoms with E-state index in [-0.39, 0.29) is 6.10 Å². The van der Waals surface area contributed by atoms with Crippen LogP contribution in [0.5, 0.6) is 5.75 Å². The summed E-state index contributed by atoms with van der Waals surface area (Å²) in [5, 5.41) is 9.12. The Bertz CT molecular complexity index is 439. The molecular formula is C13H14O3. The second kappa shape index (κ2) is 3.51. The van der Waals surface area contributed by atoms with Crippen LogP contribution >= 0.6 is 0 Å². The molecule has 0 aromatic heterocycles. The smallest absolute Gasteiger partial charge is 0.339 e. The molecule has 84 valence electrons. The second-order valence-corrected chi connectivity index (χ2v) is 4.63. The van der Waals surface area contributed by atoms with Crippen molar-refractivity contribution in [3.8, 4) is 5.75 Å². The van der Waals surface area contributed by atoms with Gasteiger partial charge in [-0.05, 0) is 43.2 Å². The van der Waals surface area contributed by atoms with E-state index in [4.69, 9.17) is 9.84 Å². The van der Waals surface area contributed by atoms with Gasteiger partial charge in [-0.1, -0.05) is 12.1 Å². The normalized spacial score (nSPS) is 26.8. The van der Waals surface area contributed by atoms with E-state index < -0.39 is 5.97 Å². The van der Waals surface area contributed by atoms with E-state index in [9.17, 15) is 4.79 Å². The third-order valence-electron chi connectivity index (χ3n) is 3.63. The summed E-state index contributed by atoms with van der Waals surface area (Å²) < 4.78 is 5.81. The molecule has 0 radical (unpaired) electrons. The van der Waals surface area contributed by atoms with E-state index in [2.05, 4.69) is 0 Å². The first-order valence-electron chi connectivity index (χ1n) is 5.78. The zero-order chi connectivity index (χ0) is 11.1. The number of ether oxygens (including phenoxy) is 1. The summed E-state index contributed by atoms with van der Waals surface area (Å²) in [7, 11) is 0. The Morgan fingerprint density at radius 2 is 2.25 bits per heavy atom. The molecule has 0 saturated heterocycles. The van der Waals surface area contributed by atoms with Crippen molar-refractivity contribution in [2.45, 2.75) is 37.7 Å². The first-order valence-corrected chi connectivity index (χ1v) is 5.78. The third kappa shape index (κ3) is 1.39. The van der Waals surface area contributed by atoms with Gasteiger partial charge < -0.3 is 9.84 Å². The standard InChI is InChI=1S/C13H14O3/c14-13(15)11-6-2-5-10-8-3-1-4-9(7-8)16-12(10)11/h2,5-6,8-9H,1,3-4,7H2,(H,14,15)/t8-,9+/m1/s1. The van der Waals surface area contributed by atoms with Gasteiger partial charge in [0, 0.05) is 0 Å². The SMILES string of the molecule is O=C(O)c1cccc2c1O[C@H]1CCC[C@@H]2C1. The van der Waals surface area contributed by atoms with Crippen LogP contribution in [-0.4, -0.2) is 17.2 Å². The maximum Gasteiger partial charge on any atom is 0.339 e. The van der Waals surface area contributed by atoms with Crippen molar-refractivity contribution in [3.63, 3.8) is 0 Å². The molecule has 0 unspecified atom stereocenters. The summed E-state index contributed by atoms with van der Waals surface area (Å²) in [5.41, 5.74) is 1.41. The Balaban J connectivity index is 2.12. The average molecular weight is 218 g/mol. The van der Waals surface area contributed by atoms with Gasteiger partial charge in [-0.15, -0.1) is 0 Å². The number of rotatable bonds is 1. The van der Waals surface area contributed by atoms with Crippen LogP contribution in [0, 0.1) is 0 Å². The van der Waals surface area contributed by atoms with Crippen LogP contribution in [0.4, 0.5) is 0 Å². The molecule has 2 atom stereocenters. The minimum Gasteiger partial charge on any atom is -0.489 e. The number of hydrogen-bond donors (Lipinski definition) is 1. The highest BCUT2D eigenvalue weighted by molar-refractivity contribution is 5.91. The molecule has 3 rings (SSSR count). The van der Waals surface area contributed by atoms with Crippen LogP contribution in [0.25, 0.3) is 0 Å². The molecular weight excluding hydrogens is 204 g/mol. The molecule has 1 aromatic rings. The lowest BCUT2D eigenvalue weighted by Crippen LogP contribution is -2.30. The Kier molecular flexibility index (Phi) is 2.13. The Labute approximate surface area is 94.0 Å². The van der Waals surface area contributed by atoms with Crippen LogP contribution in [0.15, 0.2) is 18.2 Å². The zero-order valence-electron chi connectivity index (χ0n) is 8.98. The fraction of sp³-hybridized carbons (Fsp3) is 0.462. The third-order valence-corrected chi connectivity index (χ3v) is 3.63. The first-order chi connectivity index (χ1) is 7.75. The minimum atomic E-state index is -0.892. The van der Waals surface area contributed by atoms with E-state index in [1.807, 2.05) is 12.1 Å². The van der Waals surface area contributed by atoms with Crippen LogP contribution in [0.1, 0.15) is 47.5 Å². The minimum absolute atomic E-state index is 0.228. The number of carboxylic acids is 1. The van der Waals surface area contributed by atoms with Crippen molar-refractivity contribution >= 4 is 5.97 Å². The highest BCUT2D eigenvalue weighted by atomic mass is 16.5. The van der Waals surface area contributed by atoms with Gasteiger partial charge in [-0.3, -0.25) is 0 Å². The van der Waals surface area contributed by atoms with E-state index >= 15 is 0 Å². The molecule has 1 heterocycles. The van der Waals surface area contributed by atoms with Gasteiger partial charge in [0.15, 0.2) is 0 Å². The summed E-state index contributed by atoms with van der Waals surface area (Å²) >= 11 is 0. The van der Waals surface area contributed by atoms with Crippen molar-refractivity contribution in [1.82, 2.24) is 0 Å². The molecule has 1 aliphatic carbocycles. The van der Waals surface area contributed by atoms with Gasteiger partial charge in [0.1, 0.15) is 11.3 Å². The number of hydrogen-bond acceptors (Lipinski definition) is 2. The predicted molar refractivity (Wildman–Crippen MR) is 59.0 cm³/mol. The molecule has 2 bridgehead atoms. The summed E-state index contributed by atoms with van der Waals surface area (Å²) in [6.07, 6.45) is 4.69. The summed E-state index contributed by atoms with van der Waals surface area (Å²) in [4.78, 5) is 11.1. The van der Waals surface area contributed by atoms with Crippen molar-refractivity contribution in [2.75, 3.05) is 0 Å². The van der Waals surface area contributed by atoms with Gasteiger partial charge in [0.25, 0.3) is 0 Å². The Morgan fingerprint density at radius 1 is 1.38 bits per heavy atom. The number of fused-ring (bicyclic) bond motifs is 4. The van der Waals surface area contributed by atoms with Crippen LogP contribution in [0.2, 0.25) is 0 Å². The molecule has 1 fully saturated rings. The van der Waals surface area contributed by atoms with Gasteiger partial charge in [-0.25, -0.2) is 4.79 Å². The number of benzene rings is 1. The summed E-state index contributed by atoms with van der Waals surface area (Å²) in [6, 6.07) is 5.46. The molecule has 1 N–H and O–H groups in total. The van der Waals surface area contributed by atoms with E-state index in [0.29, 0.717) is 17.2 Å². The summed E-state index contributed by atoms with van der Waals surface area (Å²) in [5.74, 6) is 0.231. The molecule has 0 spiro atoms. The van der Waals surface area contributed by atoms with Crippen molar-refractivity contribution in [2.24, 2.45) is 0 Å². The highest BCUT2D eigenvalue weighted by Crippen LogP contribution is 2.45. The topological polar surface area (TPSA) is 46.5 Å². The van der Waals surface area contributed by atoms with Crippen molar-refractivity contribution < 1.29 is 14.6 Å². The Hall–Kier alpha value is -1.51. The molecule has 1 aliphatic heterocycles. The lowest BCUT2D eigenvalue weighted by Gasteiger charge is -2.36. The predicted octanol–water partition coefficient (Wildman–Crippen LogP) is 2.80. The highest BCUT2D eigenvalue weighted by Gasteiger charge is 2.33. The fourth-order valence-corrected chi connectivity index (χ4v) is 2.88. The monoisotopic (exact) mass is 218 g/mol. The lowest BCUT2D eigenvalue weighted by molar-refractivity contribution is 0.0676. The maximum absolute atomic E-state index is 11.1. The van der Waals surface area contributed by atoms with Crippen molar-refractivity contribution in [3.05, 3.63) is 29.3 Å². The molecule has 3 heteroatoms. The molecule has 1 saturated carbocycles. The van der Waals surface area contributed by atoms with Crippen LogP contribution in [-0.2, 0) is 0 Å². The summed E-state index contributed by atoms with van der Waals surface area (Å²) in [6.45, 7) is 0. The van der Waals surface area contributed by atoms with Gasteiger partial charge >= 0.3 is 5.97 Å².